The molecule has 0 aliphatic rings. The van der Waals surface area contributed by atoms with Crippen LogP contribution in [0.2, 0.25) is 5.02 Å². The molecule has 0 saturated carbocycles. The Morgan fingerprint density at radius 1 is 1.30 bits per heavy atom. The number of hydrogen-bond donors (Lipinski definition) is 3. The average molecular weight is 294 g/mol. The molecule has 7 heteroatoms. The van der Waals surface area contributed by atoms with Gasteiger partial charge in [-0.2, -0.15) is 0 Å². The lowest BCUT2D eigenvalue weighted by atomic mass is 10.2. The molecule has 1 aromatic heterocycles. The van der Waals surface area contributed by atoms with Gasteiger partial charge in [0.2, 0.25) is 0 Å². The van der Waals surface area contributed by atoms with Gasteiger partial charge in [-0.3, -0.25) is 0 Å². The SMILES string of the molecule is COCc1nc(NN)cc(Nc2c(C)cccc2Cl)n1. The van der Waals surface area contributed by atoms with E-state index in [1.807, 2.05) is 25.1 Å². The second kappa shape index (κ2) is 6.51. The van der Waals surface area contributed by atoms with Crippen molar-refractivity contribution >= 4 is 28.9 Å². The average Bonchev–Trinajstić information content (AvgIpc) is 2.43. The smallest absolute Gasteiger partial charge is 0.158 e. The second-order valence-corrected chi connectivity index (χ2v) is 4.60. The Morgan fingerprint density at radius 2 is 2.05 bits per heavy atom. The third-order valence-electron chi connectivity index (χ3n) is 2.67. The zero-order chi connectivity index (χ0) is 14.5. The van der Waals surface area contributed by atoms with Gasteiger partial charge < -0.3 is 15.5 Å². The number of aromatic nitrogens is 2. The van der Waals surface area contributed by atoms with Crippen molar-refractivity contribution in [3.63, 3.8) is 0 Å². The number of hydrogen-bond acceptors (Lipinski definition) is 6. The maximum atomic E-state index is 6.18. The molecule has 6 nitrogen and oxygen atoms in total. The highest BCUT2D eigenvalue weighted by Crippen LogP contribution is 2.28. The minimum Gasteiger partial charge on any atom is -0.377 e. The van der Waals surface area contributed by atoms with Crippen LogP contribution in [0.4, 0.5) is 17.3 Å². The predicted octanol–water partition coefficient (Wildman–Crippen LogP) is 2.61. The minimum atomic E-state index is 0.297. The Labute approximate surface area is 122 Å². The maximum Gasteiger partial charge on any atom is 0.158 e. The van der Waals surface area contributed by atoms with E-state index in [0.717, 1.165) is 11.3 Å². The lowest BCUT2D eigenvalue weighted by Gasteiger charge is -2.12. The van der Waals surface area contributed by atoms with E-state index < -0.39 is 0 Å². The third kappa shape index (κ3) is 3.36. The molecule has 0 aliphatic heterocycles. The molecule has 0 fully saturated rings. The van der Waals surface area contributed by atoms with Crippen LogP contribution in [0.3, 0.4) is 0 Å². The first kappa shape index (κ1) is 14.5. The molecule has 2 aromatic rings. The van der Waals surface area contributed by atoms with E-state index >= 15 is 0 Å². The van der Waals surface area contributed by atoms with Crippen LogP contribution < -0.4 is 16.6 Å². The van der Waals surface area contributed by atoms with Crippen LogP contribution in [0.15, 0.2) is 24.3 Å². The number of hydrazine groups is 1. The van der Waals surface area contributed by atoms with Crippen molar-refractivity contribution in [3.8, 4) is 0 Å². The van der Waals surface area contributed by atoms with Crippen LogP contribution in [-0.2, 0) is 11.3 Å². The molecule has 1 aromatic carbocycles. The number of aryl methyl sites for hydroxylation is 1. The first-order chi connectivity index (χ1) is 9.63. The predicted molar refractivity (Wildman–Crippen MR) is 80.0 cm³/mol. The number of halogens is 1. The minimum absolute atomic E-state index is 0.297. The van der Waals surface area contributed by atoms with Gasteiger partial charge in [0.05, 0.1) is 10.7 Å². The van der Waals surface area contributed by atoms with Crippen LogP contribution in [-0.4, -0.2) is 17.1 Å². The van der Waals surface area contributed by atoms with Crippen molar-refractivity contribution in [2.24, 2.45) is 5.84 Å². The molecule has 0 saturated heterocycles. The van der Waals surface area contributed by atoms with Gasteiger partial charge >= 0.3 is 0 Å². The van der Waals surface area contributed by atoms with Gasteiger partial charge in [0.15, 0.2) is 5.82 Å². The molecule has 0 aliphatic carbocycles. The highest BCUT2D eigenvalue weighted by atomic mass is 35.5. The largest absolute Gasteiger partial charge is 0.377 e. The zero-order valence-electron chi connectivity index (χ0n) is 11.3. The highest BCUT2D eigenvalue weighted by Gasteiger charge is 2.08. The van der Waals surface area contributed by atoms with E-state index in [0.29, 0.717) is 29.1 Å². The van der Waals surface area contributed by atoms with Gasteiger partial charge in [-0.15, -0.1) is 0 Å². The fourth-order valence-electron chi connectivity index (χ4n) is 1.75. The molecule has 2 rings (SSSR count). The van der Waals surface area contributed by atoms with Crippen molar-refractivity contribution in [1.29, 1.82) is 0 Å². The van der Waals surface area contributed by atoms with E-state index in [9.17, 15) is 0 Å². The molecular weight excluding hydrogens is 278 g/mol. The maximum absolute atomic E-state index is 6.18. The summed E-state index contributed by atoms with van der Waals surface area (Å²) in [6.45, 7) is 2.26. The lowest BCUT2D eigenvalue weighted by Crippen LogP contribution is -2.12. The van der Waals surface area contributed by atoms with Gasteiger partial charge in [0.25, 0.3) is 0 Å². The van der Waals surface area contributed by atoms with Crippen LogP contribution in [0, 0.1) is 6.92 Å². The van der Waals surface area contributed by atoms with Crippen molar-refractivity contribution in [3.05, 3.63) is 40.7 Å². The van der Waals surface area contributed by atoms with Crippen LogP contribution >= 0.6 is 11.6 Å². The number of nitrogens with one attached hydrogen (secondary N) is 2. The van der Waals surface area contributed by atoms with Crippen molar-refractivity contribution in [2.75, 3.05) is 17.9 Å². The number of ether oxygens (including phenoxy) is 1. The Morgan fingerprint density at radius 3 is 2.70 bits per heavy atom. The molecule has 0 bridgehead atoms. The quantitative estimate of drug-likeness (QED) is 0.580. The topological polar surface area (TPSA) is 85.1 Å². The summed E-state index contributed by atoms with van der Waals surface area (Å²) in [6.07, 6.45) is 0. The number of benzene rings is 1. The first-order valence-corrected chi connectivity index (χ1v) is 6.37. The standard InChI is InChI=1S/C13H16ClN5O/c1-8-4-3-5-9(14)13(8)18-10-6-11(19-15)17-12(16-10)7-20-2/h3-6H,7,15H2,1-2H3,(H2,16,17,18,19). The van der Waals surface area contributed by atoms with Gasteiger partial charge in [-0.1, -0.05) is 23.7 Å². The summed E-state index contributed by atoms with van der Waals surface area (Å²) in [5.41, 5.74) is 4.33. The molecule has 0 spiro atoms. The molecule has 0 radical (unpaired) electrons. The highest BCUT2D eigenvalue weighted by molar-refractivity contribution is 6.33. The van der Waals surface area contributed by atoms with E-state index in [4.69, 9.17) is 22.2 Å². The van der Waals surface area contributed by atoms with Gasteiger partial charge in [0.1, 0.15) is 18.2 Å². The third-order valence-corrected chi connectivity index (χ3v) is 2.98. The second-order valence-electron chi connectivity index (χ2n) is 4.19. The Balaban J connectivity index is 2.35. The van der Waals surface area contributed by atoms with Gasteiger partial charge in [0, 0.05) is 13.2 Å². The summed E-state index contributed by atoms with van der Waals surface area (Å²) in [7, 11) is 1.58. The van der Waals surface area contributed by atoms with Crippen LogP contribution in [0.25, 0.3) is 0 Å². The van der Waals surface area contributed by atoms with E-state index in [-0.39, 0.29) is 0 Å². The first-order valence-electron chi connectivity index (χ1n) is 5.99. The molecule has 0 amide bonds. The molecular formula is C13H16ClN5O. The van der Waals surface area contributed by atoms with E-state index in [1.165, 1.54) is 0 Å². The van der Waals surface area contributed by atoms with Gasteiger partial charge in [-0.25, -0.2) is 15.8 Å². The number of nitrogen functional groups attached to an aromatic ring is 1. The number of nitrogens with zero attached hydrogens (tertiary/aromatic N) is 2. The van der Waals surface area contributed by atoms with E-state index in [1.54, 1.807) is 13.2 Å². The normalized spacial score (nSPS) is 10.4. The molecule has 106 valence electrons. The molecule has 0 atom stereocenters. The fourth-order valence-corrected chi connectivity index (χ4v) is 2.02. The van der Waals surface area contributed by atoms with Gasteiger partial charge in [-0.05, 0) is 18.6 Å². The fraction of sp³-hybridized carbons (Fsp3) is 0.231. The molecule has 4 N–H and O–H groups in total. The summed E-state index contributed by atoms with van der Waals surface area (Å²) in [5.74, 6) is 7.02. The summed E-state index contributed by atoms with van der Waals surface area (Å²) >= 11 is 6.18. The zero-order valence-corrected chi connectivity index (χ0v) is 12.0. The van der Waals surface area contributed by atoms with Crippen molar-refractivity contribution in [2.45, 2.75) is 13.5 Å². The van der Waals surface area contributed by atoms with Crippen molar-refractivity contribution in [1.82, 2.24) is 9.97 Å². The lowest BCUT2D eigenvalue weighted by molar-refractivity contribution is 0.178. The summed E-state index contributed by atoms with van der Waals surface area (Å²) in [6, 6.07) is 7.37. The van der Waals surface area contributed by atoms with E-state index in [2.05, 4.69) is 20.7 Å². The molecule has 0 unspecified atom stereocenters. The summed E-state index contributed by atoms with van der Waals surface area (Å²) < 4.78 is 5.03. The van der Waals surface area contributed by atoms with Crippen LogP contribution in [0.5, 0.6) is 0 Å². The monoisotopic (exact) mass is 293 g/mol. The Bertz CT molecular complexity index is 585. The number of anilines is 3. The summed E-state index contributed by atoms with van der Waals surface area (Å²) in [4.78, 5) is 8.53. The number of methoxy groups -OCH3 is 1. The van der Waals surface area contributed by atoms with Crippen LogP contribution in [0.1, 0.15) is 11.4 Å². The Kier molecular flexibility index (Phi) is 4.73. The number of nitrogens with two attached hydrogens (primary N) is 1. The number of rotatable bonds is 5. The van der Waals surface area contributed by atoms with Crippen molar-refractivity contribution < 1.29 is 4.74 Å². The summed E-state index contributed by atoms with van der Waals surface area (Å²) in [5, 5.41) is 3.80. The molecule has 1 heterocycles. The molecule has 20 heavy (non-hydrogen) atoms. The number of para-hydroxylation sites is 1. The Hall–Kier alpha value is -1.89.